The molecule has 0 unspecified atom stereocenters. The Labute approximate surface area is 162 Å². The Bertz CT molecular complexity index is 991. The van der Waals surface area contributed by atoms with Gasteiger partial charge in [0, 0.05) is 11.3 Å². The molecule has 0 aliphatic rings. The molecule has 8 nitrogen and oxygen atoms in total. The largest absolute Gasteiger partial charge is 0.334 e. The molecule has 0 spiro atoms. The number of nitrogens with one attached hydrogen (secondary N) is 2. The Balaban J connectivity index is 1.53. The SMILES string of the molecule is Nn1c(N/N=C/c2ccccc2F)nnc1SCC(=O)Nc1ccc(F)cc1. The first-order chi connectivity index (χ1) is 13.5. The van der Waals surface area contributed by atoms with Crippen LogP contribution in [0.5, 0.6) is 0 Å². The van der Waals surface area contributed by atoms with E-state index >= 15 is 0 Å². The first kappa shape index (κ1) is 19.3. The molecular formula is C17H15F2N7OS. The molecule has 0 aliphatic carbocycles. The number of nitrogens with zero attached hydrogens (tertiary/aromatic N) is 4. The van der Waals surface area contributed by atoms with Crippen molar-refractivity contribution in [2.75, 3.05) is 22.3 Å². The zero-order valence-electron chi connectivity index (χ0n) is 14.3. The fourth-order valence-electron chi connectivity index (χ4n) is 2.05. The Morgan fingerprint density at radius 3 is 2.68 bits per heavy atom. The number of anilines is 2. The summed E-state index contributed by atoms with van der Waals surface area (Å²) in [6.45, 7) is 0. The number of halogens is 2. The van der Waals surface area contributed by atoms with Crippen molar-refractivity contribution in [2.24, 2.45) is 5.10 Å². The molecule has 0 atom stereocenters. The van der Waals surface area contributed by atoms with Crippen molar-refractivity contribution in [1.29, 1.82) is 0 Å². The number of nitrogens with two attached hydrogens (primary N) is 1. The summed E-state index contributed by atoms with van der Waals surface area (Å²) in [6, 6.07) is 11.6. The van der Waals surface area contributed by atoms with Crippen LogP contribution in [0.3, 0.4) is 0 Å². The minimum absolute atomic E-state index is 0.0191. The Morgan fingerprint density at radius 1 is 1.18 bits per heavy atom. The summed E-state index contributed by atoms with van der Waals surface area (Å²) in [5, 5.41) is 14.4. The van der Waals surface area contributed by atoms with E-state index in [-0.39, 0.29) is 28.6 Å². The zero-order chi connectivity index (χ0) is 19.9. The maximum absolute atomic E-state index is 13.5. The maximum Gasteiger partial charge on any atom is 0.264 e. The zero-order valence-corrected chi connectivity index (χ0v) is 15.2. The van der Waals surface area contributed by atoms with Gasteiger partial charge in [0.2, 0.25) is 11.1 Å². The van der Waals surface area contributed by atoms with Crippen LogP contribution in [-0.2, 0) is 4.79 Å². The molecule has 1 aromatic heterocycles. The average Bonchev–Trinajstić information content (AvgIpc) is 3.03. The van der Waals surface area contributed by atoms with Crippen LogP contribution in [0.1, 0.15) is 5.56 Å². The molecule has 4 N–H and O–H groups in total. The second kappa shape index (κ2) is 8.95. The van der Waals surface area contributed by atoms with Crippen molar-refractivity contribution in [3.8, 4) is 0 Å². The number of hydrogen-bond donors (Lipinski definition) is 3. The van der Waals surface area contributed by atoms with Gasteiger partial charge in [-0.05, 0) is 30.3 Å². The first-order valence-corrected chi connectivity index (χ1v) is 8.94. The lowest BCUT2D eigenvalue weighted by Crippen LogP contribution is -2.16. The van der Waals surface area contributed by atoms with Crippen molar-refractivity contribution in [3.63, 3.8) is 0 Å². The molecule has 28 heavy (non-hydrogen) atoms. The monoisotopic (exact) mass is 403 g/mol. The summed E-state index contributed by atoms with van der Waals surface area (Å²) in [4.78, 5) is 12.0. The van der Waals surface area contributed by atoms with Gasteiger partial charge in [-0.15, -0.1) is 10.2 Å². The number of hydrazone groups is 1. The van der Waals surface area contributed by atoms with Crippen molar-refractivity contribution >= 4 is 35.5 Å². The van der Waals surface area contributed by atoms with Gasteiger partial charge >= 0.3 is 0 Å². The number of thioether (sulfide) groups is 1. The molecule has 0 radical (unpaired) electrons. The third-order valence-corrected chi connectivity index (χ3v) is 4.34. The third-order valence-electron chi connectivity index (χ3n) is 3.40. The van der Waals surface area contributed by atoms with E-state index in [0.29, 0.717) is 11.3 Å². The summed E-state index contributed by atoms with van der Waals surface area (Å²) in [7, 11) is 0. The minimum atomic E-state index is -0.411. The van der Waals surface area contributed by atoms with Gasteiger partial charge in [-0.3, -0.25) is 4.79 Å². The van der Waals surface area contributed by atoms with Gasteiger partial charge in [0.25, 0.3) is 5.95 Å². The molecule has 0 saturated carbocycles. The third kappa shape index (κ3) is 5.04. The van der Waals surface area contributed by atoms with Gasteiger partial charge in [-0.25, -0.2) is 18.9 Å². The van der Waals surface area contributed by atoms with Gasteiger partial charge in [-0.1, -0.05) is 30.0 Å². The predicted molar refractivity (Wildman–Crippen MR) is 104 cm³/mol. The average molecular weight is 403 g/mol. The fourth-order valence-corrected chi connectivity index (χ4v) is 2.71. The van der Waals surface area contributed by atoms with Crippen LogP contribution in [0.25, 0.3) is 0 Å². The number of aromatic nitrogens is 3. The summed E-state index contributed by atoms with van der Waals surface area (Å²) in [5.41, 5.74) is 3.33. The van der Waals surface area contributed by atoms with Crippen LogP contribution in [0.4, 0.5) is 20.4 Å². The highest BCUT2D eigenvalue weighted by Gasteiger charge is 2.12. The number of nitrogen functional groups attached to an aromatic ring is 1. The number of hydrogen-bond acceptors (Lipinski definition) is 7. The normalized spacial score (nSPS) is 10.9. The number of rotatable bonds is 7. The van der Waals surface area contributed by atoms with Gasteiger partial charge in [0.15, 0.2) is 0 Å². The number of amides is 1. The standard InChI is InChI=1S/C17H15F2N7OS/c18-12-5-7-13(8-6-12)22-15(27)10-28-17-25-24-16(26(17)20)23-21-9-11-3-1-2-4-14(11)19/h1-9H,10,20H2,(H,22,27)(H,23,24)/b21-9+. The Kier molecular flexibility index (Phi) is 6.17. The first-order valence-electron chi connectivity index (χ1n) is 7.95. The second-order valence-electron chi connectivity index (χ2n) is 5.41. The Morgan fingerprint density at radius 2 is 1.93 bits per heavy atom. The molecular weight excluding hydrogens is 388 g/mol. The maximum atomic E-state index is 13.5. The van der Waals surface area contributed by atoms with E-state index in [1.54, 1.807) is 18.2 Å². The van der Waals surface area contributed by atoms with Crippen LogP contribution >= 0.6 is 11.8 Å². The lowest BCUT2D eigenvalue weighted by atomic mass is 10.2. The molecule has 3 aromatic rings. The Hall–Kier alpha value is -3.47. The topological polar surface area (TPSA) is 110 Å². The molecule has 0 fully saturated rings. The minimum Gasteiger partial charge on any atom is -0.334 e. The molecule has 2 aromatic carbocycles. The quantitative estimate of drug-likeness (QED) is 0.242. The van der Waals surface area contributed by atoms with Crippen LogP contribution in [0, 0.1) is 11.6 Å². The van der Waals surface area contributed by atoms with Crippen LogP contribution in [0.15, 0.2) is 58.8 Å². The van der Waals surface area contributed by atoms with Gasteiger partial charge in [0.05, 0.1) is 12.0 Å². The summed E-state index contributed by atoms with van der Waals surface area (Å²) < 4.78 is 27.5. The molecule has 1 heterocycles. The highest BCUT2D eigenvalue weighted by atomic mass is 32.2. The van der Waals surface area contributed by atoms with E-state index in [1.807, 2.05) is 0 Å². The summed E-state index contributed by atoms with van der Waals surface area (Å²) >= 11 is 1.06. The van der Waals surface area contributed by atoms with Gasteiger partial charge < -0.3 is 11.2 Å². The van der Waals surface area contributed by atoms with Crippen molar-refractivity contribution in [1.82, 2.24) is 14.9 Å². The highest BCUT2D eigenvalue weighted by Crippen LogP contribution is 2.17. The smallest absolute Gasteiger partial charge is 0.264 e. The van der Waals surface area contributed by atoms with Crippen molar-refractivity contribution < 1.29 is 13.6 Å². The fraction of sp³-hybridized carbons (Fsp3) is 0.0588. The molecule has 0 saturated heterocycles. The number of carbonyl (C=O) groups is 1. The molecule has 144 valence electrons. The van der Waals surface area contributed by atoms with E-state index < -0.39 is 5.82 Å². The van der Waals surface area contributed by atoms with Crippen LogP contribution in [0.2, 0.25) is 0 Å². The van der Waals surface area contributed by atoms with Crippen molar-refractivity contribution in [3.05, 3.63) is 65.7 Å². The molecule has 1 amide bonds. The van der Waals surface area contributed by atoms with E-state index in [1.165, 1.54) is 36.5 Å². The molecule has 3 rings (SSSR count). The lowest BCUT2D eigenvalue weighted by molar-refractivity contribution is -0.113. The van der Waals surface area contributed by atoms with E-state index in [4.69, 9.17) is 5.84 Å². The van der Waals surface area contributed by atoms with Crippen molar-refractivity contribution in [2.45, 2.75) is 5.16 Å². The number of benzene rings is 2. The second-order valence-corrected chi connectivity index (χ2v) is 6.35. The number of carbonyl (C=O) groups excluding carboxylic acids is 1. The highest BCUT2D eigenvalue weighted by molar-refractivity contribution is 7.99. The molecule has 11 heteroatoms. The van der Waals surface area contributed by atoms with E-state index in [9.17, 15) is 13.6 Å². The summed E-state index contributed by atoms with van der Waals surface area (Å²) in [6.07, 6.45) is 1.28. The predicted octanol–water partition coefficient (Wildman–Crippen LogP) is 2.45. The lowest BCUT2D eigenvalue weighted by Gasteiger charge is -2.05. The van der Waals surface area contributed by atoms with Crippen LogP contribution in [-0.4, -0.2) is 32.7 Å². The van der Waals surface area contributed by atoms with E-state index in [0.717, 1.165) is 16.4 Å². The molecule has 0 bridgehead atoms. The van der Waals surface area contributed by atoms with Crippen LogP contribution < -0.4 is 16.6 Å². The molecule has 0 aliphatic heterocycles. The van der Waals surface area contributed by atoms with Gasteiger partial charge in [-0.2, -0.15) is 5.10 Å². The van der Waals surface area contributed by atoms with Gasteiger partial charge in [0.1, 0.15) is 11.6 Å². The summed E-state index contributed by atoms with van der Waals surface area (Å²) in [5.74, 6) is 4.88. The van der Waals surface area contributed by atoms with E-state index in [2.05, 4.69) is 26.0 Å².